The lowest BCUT2D eigenvalue weighted by atomic mass is 10.0. The summed E-state index contributed by atoms with van der Waals surface area (Å²) in [6.07, 6.45) is 6.63. The minimum absolute atomic E-state index is 0.121. The van der Waals surface area contributed by atoms with Crippen LogP contribution in [-0.2, 0) is 4.79 Å². The molecule has 1 aromatic heterocycles. The van der Waals surface area contributed by atoms with E-state index in [1.165, 1.54) is 23.9 Å². The highest BCUT2D eigenvalue weighted by atomic mass is 16.5. The monoisotopic (exact) mass is 374 g/mol. The van der Waals surface area contributed by atoms with Crippen molar-refractivity contribution in [1.82, 2.24) is 20.2 Å². The Kier molecular flexibility index (Phi) is 5.97. The summed E-state index contributed by atoms with van der Waals surface area (Å²) < 4.78 is 5.88. The predicted octanol–water partition coefficient (Wildman–Crippen LogP) is 2.38. The molecule has 2 fully saturated rings. The van der Waals surface area contributed by atoms with E-state index in [1.54, 1.807) is 14.1 Å². The van der Waals surface area contributed by atoms with Crippen LogP contribution in [0.25, 0.3) is 0 Å². The second-order valence-electron chi connectivity index (χ2n) is 8.36. The lowest BCUT2D eigenvalue weighted by molar-refractivity contribution is -0.131. The average Bonchev–Trinajstić information content (AvgIpc) is 3.51. The minimum Gasteiger partial charge on any atom is -0.476 e. The van der Waals surface area contributed by atoms with Crippen molar-refractivity contribution in [3.63, 3.8) is 0 Å². The van der Waals surface area contributed by atoms with Crippen molar-refractivity contribution in [3.8, 4) is 5.88 Å². The van der Waals surface area contributed by atoms with Crippen LogP contribution in [0.4, 0.5) is 0 Å². The Bertz CT molecular complexity index is 696. The lowest BCUT2D eigenvalue weighted by Gasteiger charge is -2.23. The number of hydrogen-bond acceptors (Lipinski definition) is 5. The molecule has 1 heterocycles. The summed E-state index contributed by atoms with van der Waals surface area (Å²) in [6, 6.07) is -0.576. The third kappa shape index (κ3) is 5.40. The van der Waals surface area contributed by atoms with E-state index in [4.69, 9.17) is 4.74 Å². The molecule has 1 N–H and O–H groups in total. The summed E-state index contributed by atoms with van der Waals surface area (Å²) >= 11 is 0. The Morgan fingerprint density at radius 2 is 1.96 bits per heavy atom. The smallest absolute Gasteiger partial charge is 0.272 e. The van der Waals surface area contributed by atoms with Gasteiger partial charge in [-0.2, -0.15) is 0 Å². The lowest BCUT2D eigenvalue weighted by Crippen LogP contribution is -2.47. The molecule has 0 unspecified atom stereocenters. The van der Waals surface area contributed by atoms with E-state index in [-0.39, 0.29) is 23.4 Å². The molecule has 2 aliphatic carbocycles. The van der Waals surface area contributed by atoms with Gasteiger partial charge in [-0.3, -0.25) is 14.6 Å². The number of carbonyl (C=O) groups excluding carboxylic acids is 2. The van der Waals surface area contributed by atoms with Crippen LogP contribution in [-0.4, -0.2) is 53.4 Å². The maximum absolute atomic E-state index is 12.7. The fourth-order valence-corrected chi connectivity index (χ4v) is 2.95. The van der Waals surface area contributed by atoms with E-state index >= 15 is 0 Å². The van der Waals surface area contributed by atoms with E-state index in [0.717, 1.165) is 18.5 Å². The zero-order valence-corrected chi connectivity index (χ0v) is 16.7. The van der Waals surface area contributed by atoms with Gasteiger partial charge in [-0.1, -0.05) is 13.8 Å². The summed E-state index contributed by atoms with van der Waals surface area (Å²) in [5.41, 5.74) is 1.06. The van der Waals surface area contributed by atoms with Crippen molar-refractivity contribution in [2.75, 3.05) is 20.7 Å². The Labute approximate surface area is 160 Å². The molecule has 3 rings (SSSR count). The number of hydrogen-bond donors (Lipinski definition) is 1. The molecule has 0 spiro atoms. The highest BCUT2D eigenvalue weighted by Crippen LogP contribution is 2.42. The first-order valence-electron chi connectivity index (χ1n) is 9.87. The van der Waals surface area contributed by atoms with Crippen LogP contribution in [0, 0.1) is 11.8 Å². The molecule has 0 aliphatic heterocycles. The number of aromatic nitrogens is 2. The van der Waals surface area contributed by atoms with Gasteiger partial charge >= 0.3 is 0 Å². The molecule has 0 saturated heterocycles. The van der Waals surface area contributed by atoms with Gasteiger partial charge in [-0.15, -0.1) is 0 Å². The van der Waals surface area contributed by atoms with E-state index < -0.39 is 6.04 Å². The second kappa shape index (κ2) is 8.23. The first kappa shape index (κ1) is 19.6. The summed E-state index contributed by atoms with van der Waals surface area (Å²) in [7, 11) is 3.38. The van der Waals surface area contributed by atoms with E-state index in [2.05, 4.69) is 15.3 Å². The largest absolute Gasteiger partial charge is 0.476 e. The van der Waals surface area contributed by atoms with Gasteiger partial charge in [0.15, 0.2) is 0 Å². The fourth-order valence-electron chi connectivity index (χ4n) is 2.95. The van der Waals surface area contributed by atoms with Crippen LogP contribution in [0.5, 0.6) is 5.88 Å². The standard InChI is InChI=1S/C20H30N4O3/c1-12(2)9-15(20(26)24(3)4)22-18(25)16-10-21-17(14-7-8-14)19(23-16)27-11-13-5-6-13/h10,12-15H,5-9,11H2,1-4H3,(H,22,25)/t15-/m0/s1. The Hall–Kier alpha value is -2.18. The molecule has 2 amide bonds. The van der Waals surface area contributed by atoms with Crippen molar-refractivity contribution in [2.24, 2.45) is 11.8 Å². The summed E-state index contributed by atoms with van der Waals surface area (Å²) in [5, 5.41) is 2.83. The zero-order valence-electron chi connectivity index (χ0n) is 16.7. The van der Waals surface area contributed by atoms with Crippen LogP contribution in [0.1, 0.15) is 68.1 Å². The quantitative estimate of drug-likeness (QED) is 0.717. The number of ether oxygens (including phenoxy) is 1. The Morgan fingerprint density at radius 1 is 1.26 bits per heavy atom. The van der Waals surface area contributed by atoms with Crippen molar-refractivity contribution in [1.29, 1.82) is 0 Å². The molecule has 2 saturated carbocycles. The van der Waals surface area contributed by atoms with Gasteiger partial charge in [0.1, 0.15) is 17.4 Å². The van der Waals surface area contributed by atoms with Gasteiger partial charge < -0.3 is 15.0 Å². The maximum atomic E-state index is 12.7. The van der Waals surface area contributed by atoms with Crippen LogP contribution in [0.2, 0.25) is 0 Å². The third-order valence-electron chi connectivity index (χ3n) is 4.87. The number of carbonyl (C=O) groups is 2. The molecule has 0 aromatic carbocycles. The van der Waals surface area contributed by atoms with Crippen LogP contribution >= 0.6 is 0 Å². The van der Waals surface area contributed by atoms with Crippen molar-refractivity contribution < 1.29 is 14.3 Å². The molecule has 0 bridgehead atoms. The highest BCUT2D eigenvalue weighted by Gasteiger charge is 2.32. The number of amides is 2. The van der Waals surface area contributed by atoms with Gasteiger partial charge in [0.2, 0.25) is 11.8 Å². The zero-order chi connectivity index (χ0) is 19.6. The summed E-state index contributed by atoms with van der Waals surface area (Å²) in [6.45, 7) is 4.68. The normalized spacial score (nSPS) is 17.5. The summed E-state index contributed by atoms with van der Waals surface area (Å²) in [5.74, 6) is 1.25. The van der Waals surface area contributed by atoms with Crippen molar-refractivity contribution in [3.05, 3.63) is 17.6 Å². The van der Waals surface area contributed by atoms with E-state index in [0.29, 0.717) is 30.7 Å². The van der Waals surface area contributed by atoms with E-state index in [1.807, 2.05) is 13.8 Å². The van der Waals surface area contributed by atoms with Crippen molar-refractivity contribution in [2.45, 2.75) is 57.9 Å². The Balaban J connectivity index is 1.73. The van der Waals surface area contributed by atoms with Gasteiger partial charge in [-0.25, -0.2) is 4.98 Å². The van der Waals surface area contributed by atoms with E-state index in [9.17, 15) is 9.59 Å². The molecule has 2 aliphatic rings. The Morgan fingerprint density at radius 3 is 2.52 bits per heavy atom. The fraction of sp³-hybridized carbons (Fsp3) is 0.700. The van der Waals surface area contributed by atoms with Gasteiger partial charge in [0.05, 0.1) is 12.8 Å². The van der Waals surface area contributed by atoms with Crippen LogP contribution < -0.4 is 10.1 Å². The van der Waals surface area contributed by atoms with Crippen LogP contribution in [0.15, 0.2) is 6.20 Å². The number of nitrogens with zero attached hydrogens (tertiary/aromatic N) is 3. The van der Waals surface area contributed by atoms with Gasteiger partial charge in [-0.05, 0) is 43.9 Å². The molecular weight excluding hydrogens is 344 g/mol. The number of rotatable bonds is 9. The second-order valence-corrected chi connectivity index (χ2v) is 8.36. The molecule has 148 valence electrons. The average molecular weight is 374 g/mol. The van der Waals surface area contributed by atoms with Crippen LogP contribution in [0.3, 0.4) is 0 Å². The first-order valence-corrected chi connectivity index (χ1v) is 9.87. The van der Waals surface area contributed by atoms with Crippen molar-refractivity contribution >= 4 is 11.8 Å². The molecule has 7 nitrogen and oxygen atoms in total. The maximum Gasteiger partial charge on any atom is 0.272 e. The molecule has 1 aromatic rings. The molecule has 7 heteroatoms. The number of likely N-dealkylation sites (N-methyl/N-ethyl adjacent to an activating group) is 1. The van der Waals surface area contributed by atoms with Gasteiger partial charge in [0, 0.05) is 20.0 Å². The minimum atomic E-state index is -0.576. The molecule has 27 heavy (non-hydrogen) atoms. The highest BCUT2D eigenvalue weighted by molar-refractivity contribution is 5.96. The first-order chi connectivity index (χ1) is 12.8. The predicted molar refractivity (Wildman–Crippen MR) is 102 cm³/mol. The summed E-state index contributed by atoms with van der Waals surface area (Å²) in [4.78, 5) is 35.5. The SMILES string of the molecule is CC(C)C[C@H](NC(=O)c1cnc(C2CC2)c(OCC2CC2)n1)C(=O)N(C)C. The molecular formula is C20H30N4O3. The van der Waals surface area contributed by atoms with Gasteiger partial charge in [0.25, 0.3) is 5.91 Å². The molecule has 1 atom stereocenters. The molecule has 0 radical (unpaired) electrons. The number of nitrogens with one attached hydrogen (secondary N) is 1. The third-order valence-corrected chi connectivity index (χ3v) is 4.87. The topological polar surface area (TPSA) is 84.4 Å².